The first-order valence-corrected chi connectivity index (χ1v) is 7.32. The number of methoxy groups -OCH3 is 1. The van der Waals surface area contributed by atoms with E-state index in [-0.39, 0.29) is 17.1 Å². The zero-order valence-corrected chi connectivity index (χ0v) is 13.8. The number of ether oxygens (including phenoxy) is 1. The second-order valence-corrected chi connectivity index (χ2v) is 5.37. The second-order valence-electron chi connectivity index (χ2n) is 5.37. The van der Waals surface area contributed by atoms with Crippen molar-refractivity contribution in [1.82, 2.24) is 0 Å². The number of anilines is 1. The van der Waals surface area contributed by atoms with E-state index in [1.165, 1.54) is 19.3 Å². The molecule has 0 aliphatic rings. The maximum atomic E-state index is 12.3. The number of hydrogen-bond donors (Lipinski definition) is 2. The normalized spacial score (nSPS) is 10.8. The molecule has 0 saturated carbocycles. The first-order valence-electron chi connectivity index (χ1n) is 7.32. The van der Waals surface area contributed by atoms with Crippen LogP contribution in [0.15, 0.2) is 42.0 Å². The summed E-state index contributed by atoms with van der Waals surface area (Å²) in [7, 11) is 1.43. The number of nitrogens with one attached hydrogen (secondary N) is 1. The Bertz CT molecular complexity index is 848. The first-order chi connectivity index (χ1) is 11.4. The molecule has 5 nitrogen and oxygen atoms in total. The Kier molecular flexibility index (Phi) is 5.23. The zero-order valence-electron chi connectivity index (χ0n) is 13.8. The van der Waals surface area contributed by atoms with Gasteiger partial charge in [0.05, 0.1) is 7.11 Å². The number of aryl methyl sites for hydroxylation is 2. The smallest absolute Gasteiger partial charge is 0.266 e. The molecular formula is C19H18N2O3. The van der Waals surface area contributed by atoms with Crippen LogP contribution in [0.1, 0.15) is 16.7 Å². The topological polar surface area (TPSA) is 82.3 Å². The number of carbonyl (C=O) groups is 1. The minimum atomic E-state index is -0.489. The van der Waals surface area contributed by atoms with Crippen LogP contribution in [0.4, 0.5) is 5.69 Å². The number of nitrogens with zero attached hydrogens (tertiary/aromatic N) is 1. The van der Waals surface area contributed by atoms with Crippen LogP contribution in [-0.2, 0) is 4.79 Å². The standard InChI is InChI=1S/C19H18N2O3/c1-12-4-6-16(13(2)8-12)21-19(23)15(11-20)9-14-5-7-17(22)18(10-14)24-3/h4-10,22H,1-3H3,(H,21,23). The summed E-state index contributed by atoms with van der Waals surface area (Å²) < 4.78 is 5.02. The molecule has 2 N–H and O–H groups in total. The van der Waals surface area contributed by atoms with Gasteiger partial charge in [-0.3, -0.25) is 4.79 Å². The molecule has 0 radical (unpaired) electrons. The van der Waals surface area contributed by atoms with Gasteiger partial charge in [0, 0.05) is 5.69 Å². The van der Waals surface area contributed by atoms with Crippen LogP contribution >= 0.6 is 0 Å². The molecule has 2 aromatic carbocycles. The van der Waals surface area contributed by atoms with Crippen molar-refractivity contribution in [1.29, 1.82) is 5.26 Å². The third-order valence-corrected chi connectivity index (χ3v) is 3.51. The summed E-state index contributed by atoms with van der Waals surface area (Å²) in [5.74, 6) is -0.222. The fourth-order valence-corrected chi connectivity index (χ4v) is 2.24. The van der Waals surface area contributed by atoms with Crippen molar-refractivity contribution in [2.24, 2.45) is 0 Å². The molecular weight excluding hydrogens is 304 g/mol. The van der Waals surface area contributed by atoms with E-state index in [1.807, 2.05) is 32.0 Å². The van der Waals surface area contributed by atoms with Crippen molar-refractivity contribution in [3.8, 4) is 17.6 Å². The lowest BCUT2D eigenvalue weighted by Gasteiger charge is -2.09. The predicted octanol–water partition coefficient (Wildman–Crippen LogP) is 3.56. The number of rotatable bonds is 4. The monoisotopic (exact) mass is 322 g/mol. The van der Waals surface area contributed by atoms with Gasteiger partial charge in [-0.1, -0.05) is 23.8 Å². The molecule has 2 aromatic rings. The molecule has 2 rings (SSSR count). The summed E-state index contributed by atoms with van der Waals surface area (Å²) in [6.45, 7) is 3.86. The molecule has 5 heteroatoms. The quantitative estimate of drug-likeness (QED) is 0.666. The number of amides is 1. The molecule has 0 atom stereocenters. The second kappa shape index (κ2) is 7.34. The molecule has 0 unspecified atom stereocenters. The summed E-state index contributed by atoms with van der Waals surface area (Å²) in [6, 6.07) is 12.1. The molecule has 0 aliphatic carbocycles. The first kappa shape index (κ1) is 17.1. The van der Waals surface area contributed by atoms with Crippen LogP contribution < -0.4 is 10.1 Å². The third-order valence-electron chi connectivity index (χ3n) is 3.51. The maximum Gasteiger partial charge on any atom is 0.266 e. The van der Waals surface area contributed by atoms with Gasteiger partial charge in [0.25, 0.3) is 5.91 Å². The minimum Gasteiger partial charge on any atom is -0.504 e. The van der Waals surface area contributed by atoms with E-state index in [4.69, 9.17) is 4.74 Å². The highest BCUT2D eigenvalue weighted by molar-refractivity contribution is 6.10. The predicted molar refractivity (Wildman–Crippen MR) is 92.8 cm³/mol. The van der Waals surface area contributed by atoms with Crippen LogP contribution in [0.25, 0.3) is 6.08 Å². The SMILES string of the molecule is COc1cc(C=C(C#N)C(=O)Nc2ccc(C)cc2C)ccc1O. The van der Waals surface area contributed by atoms with E-state index in [0.717, 1.165) is 11.1 Å². The number of benzene rings is 2. The van der Waals surface area contributed by atoms with Gasteiger partial charge in [-0.15, -0.1) is 0 Å². The van der Waals surface area contributed by atoms with E-state index in [0.29, 0.717) is 11.3 Å². The van der Waals surface area contributed by atoms with Crippen LogP contribution in [0.2, 0.25) is 0 Å². The Balaban J connectivity index is 2.27. The zero-order chi connectivity index (χ0) is 17.7. The highest BCUT2D eigenvalue weighted by Gasteiger charge is 2.11. The van der Waals surface area contributed by atoms with Gasteiger partial charge in [0.2, 0.25) is 0 Å². The summed E-state index contributed by atoms with van der Waals surface area (Å²) in [5, 5.41) is 21.6. The van der Waals surface area contributed by atoms with Gasteiger partial charge in [-0.05, 0) is 49.2 Å². The Morgan fingerprint density at radius 3 is 2.62 bits per heavy atom. The minimum absolute atomic E-state index is 0.00658. The molecule has 122 valence electrons. The van der Waals surface area contributed by atoms with Crippen molar-refractivity contribution < 1.29 is 14.6 Å². The largest absolute Gasteiger partial charge is 0.504 e. The number of nitriles is 1. The molecule has 0 fully saturated rings. The van der Waals surface area contributed by atoms with Crippen molar-refractivity contribution in [2.45, 2.75) is 13.8 Å². The average molecular weight is 322 g/mol. The van der Waals surface area contributed by atoms with Gasteiger partial charge in [-0.2, -0.15) is 5.26 Å². The van der Waals surface area contributed by atoms with E-state index < -0.39 is 5.91 Å². The summed E-state index contributed by atoms with van der Waals surface area (Å²) in [6.07, 6.45) is 1.45. The summed E-state index contributed by atoms with van der Waals surface area (Å²) in [5.41, 5.74) is 3.22. The van der Waals surface area contributed by atoms with Gasteiger partial charge >= 0.3 is 0 Å². The van der Waals surface area contributed by atoms with Crippen molar-refractivity contribution in [3.05, 3.63) is 58.7 Å². The number of phenols is 1. The maximum absolute atomic E-state index is 12.3. The van der Waals surface area contributed by atoms with Gasteiger partial charge in [0.1, 0.15) is 11.6 Å². The molecule has 1 amide bonds. The van der Waals surface area contributed by atoms with Crippen molar-refractivity contribution in [2.75, 3.05) is 12.4 Å². The van der Waals surface area contributed by atoms with E-state index in [2.05, 4.69) is 5.32 Å². The number of aromatic hydroxyl groups is 1. The molecule has 0 heterocycles. The highest BCUT2D eigenvalue weighted by Crippen LogP contribution is 2.27. The van der Waals surface area contributed by atoms with Crippen LogP contribution in [0, 0.1) is 25.2 Å². The van der Waals surface area contributed by atoms with E-state index in [9.17, 15) is 15.2 Å². The van der Waals surface area contributed by atoms with E-state index in [1.54, 1.807) is 18.2 Å². The van der Waals surface area contributed by atoms with E-state index >= 15 is 0 Å². The third kappa shape index (κ3) is 3.93. The molecule has 24 heavy (non-hydrogen) atoms. The lowest BCUT2D eigenvalue weighted by molar-refractivity contribution is -0.112. The molecule has 0 spiro atoms. The molecule has 0 aliphatic heterocycles. The molecule has 0 aromatic heterocycles. The molecule has 0 saturated heterocycles. The lowest BCUT2D eigenvalue weighted by Crippen LogP contribution is -2.14. The van der Waals surface area contributed by atoms with Crippen LogP contribution in [0.5, 0.6) is 11.5 Å². The fraction of sp³-hybridized carbons (Fsp3) is 0.158. The highest BCUT2D eigenvalue weighted by atomic mass is 16.5. The van der Waals surface area contributed by atoms with Crippen LogP contribution in [-0.4, -0.2) is 18.1 Å². The molecule has 0 bridgehead atoms. The number of carbonyl (C=O) groups excluding carboxylic acids is 1. The Labute approximate surface area is 140 Å². The van der Waals surface area contributed by atoms with Gasteiger partial charge in [0.15, 0.2) is 11.5 Å². The number of hydrogen-bond acceptors (Lipinski definition) is 4. The lowest BCUT2D eigenvalue weighted by atomic mass is 10.1. The van der Waals surface area contributed by atoms with Gasteiger partial charge in [-0.25, -0.2) is 0 Å². The van der Waals surface area contributed by atoms with Gasteiger partial charge < -0.3 is 15.2 Å². The van der Waals surface area contributed by atoms with Crippen molar-refractivity contribution >= 4 is 17.7 Å². The fourth-order valence-electron chi connectivity index (χ4n) is 2.24. The Morgan fingerprint density at radius 1 is 1.25 bits per heavy atom. The van der Waals surface area contributed by atoms with Crippen LogP contribution in [0.3, 0.4) is 0 Å². The Hall–Kier alpha value is -3.26. The number of phenolic OH excluding ortho intramolecular Hbond substituents is 1. The Morgan fingerprint density at radius 2 is 2.00 bits per heavy atom. The summed E-state index contributed by atoms with van der Waals surface area (Å²) >= 11 is 0. The average Bonchev–Trinajstić information content (AvgIpc) is 2.56. The summed E-state index contributed by atoms with van der Waals surface area (Å²) in [4.78, 5) is 12.3. The van der Waals surface area contributed by atoms with Crippen molar-refractivity contribution in [3.63, 3.8) is 0 Å².